The summed E-state index contributed by atoms with van der Waals surface area (Å²) >= 11 is 5.80. The summed E-state index contributed by atoms with van der Waals surface area (Å²) in [5, 5.41) is 3.12. The first kappa shape index (κ1) is 17.3. The van der Waals surface area contributed by atoms with Crippen molar-refractivity contribution in [1.29, 1.82) is 0 Å². The number of hydrogen-bond donors (Lipinski definition) is 2. The molecule has 8 heteroatoms. The molecule has 0 heterocycles. The Labute approximate surface area is 139 Å². The molecule has 0 saturated heterocycles. The standard InChI is InChI=1S/C15H16ClN3O3S/c1-19(2)23(21,22)12-6-3-10(4-7-12)15(20)18-14-8-5-11(16)9-13(14)17/h3-9H,17H2,1-2H3,(H,18,20). The van der Waals surface area contributed by atoms with Gasteiger partial charge in [-0.15, -0.1) is 0 Å². The van der Waals surface area contributed by atoms with E-state index in [4.69, 9.17) is 17.3 Å². The predicted molar refractivity (Wildman–Crippen MR) is 91.1 cm³/mol. The molecule has 0 unspecified atom stereocenters. The van der Waals surface area contributed by atoms with Crippen LogP contribution in [-0.4, -0.2) is 32.7 Å². The Balaban J connectivity index is 2.21. The van der Waals surface area contributed by atoms with Crippen molar-refractivity contribution in [1.82, 2.24) is 4.31 Å². The van der Waals surface area contributed by atoms with Crippen molar-refractivity contribution in [2.75, 3.05) is 25.1 Å². The molecule has 0 saturated carbocycles. The number of rotatable bonds is 4. The van der Waals surface area contributed by atoms with Gasteiger partial charge in [0.2, 0.25) is 10.0 Å². The number of halogens is 1. The van der Waals surface area contributed by atoms with E-state index in [0.717, 1.165) is 4.31 Å². The number of carbonyl (C=O) groups excluding carboxylic acids is 1. The van der Waals surface area contributed by atoms with Crippen molar-refractivity contribution < 1.29 is 13.2 Å². The summed E-state index contributed by atoms with van der Waals surface area (Å²) in [5.41, 5.74) is 6.87. The van der Waals surface area contributed by atoms with Gasteiger partial charge in [-0.3, -0.25) is 4.79 Å². The van der Waals surface area contributed by atoms with Crippen LogP contribution in [0.25, 0.3) is 0 Å². The molecule has 0 atom stereocenters. The summed E-state index contributed by atoms with van der Waals surface area (Å²) < 4.78 is 25.1. The molecule has 0 aromatic heterocycles. The van der Waals surface area contributed by atoms with Gasteiger partial charge >= 0.3 is 0 Å². The molecule has 23 heavy (non-hydrogen) atoms. The molecule has 3 N–H and O–H groups in total. The Morgan fingerprint density at radius 1 is 1.13 bits per heavy atom. The van der Waals surface area contributed by atoms with Gasteiger partial charge in [-0.25, -0.2) is 12.7 Å². The van der Waals surface area contributed by atoms with Gasteiger partial charge in [-0.05, 0) is 42.5 Å². The average Bonchev–Trinajstić information content (AvgIpc) is 2.50. The van der Waals surface area contributed by atoms with E-state index >= 15 is 0 Å². The van der Waals surface area contributed by atoms with Gasteiger partial charge in [-0.1, -0.05) is 11.6 Å². The molecule has 0 spiro atoms. The van der Waals surface area contributed by atoms with Gasteiger partial charge in [0.05, 0.1) is 16.3 Å². The maximum absolute atomic E-state index is 12.2. The van der Waals surface area contributed by atoms with Gasteiger partial charge in [-0.2, -0.15) is 0 Å². The lowest BCUT2D eigenvalue weighted by Crippen LogP contribution is -2.22. The molecule has 0 bridgehead atoms. The van der Waals surface area contributed by atoms with Crippen molar-refractivity contribution in [2.24, 2.45) is 0 Å². The Morgan fingerprint density at radius 3 is 2.26 bits per heavy atom. The molecule has 0 aliphatic carbocycles. The molecule has 2 aromatic carbocycles. The second-order valence-corrected chi connectivity index (χ2v) is 7.59. The average molecular weight is 354 g/mol. The van der Waals surface area contributed by atoms with Crippen LogP contribution < -0.4 is 11.1 Å². The van der Waals surface area contributed by atoms with Crippen LogP contribution in [0.3, 0.4) is 0 Å². The lowest BCUT2D eigenvalue weighted by molar-refractivity contribution is 0.102. The zero-order valence-electron chi connectivity index (χ0n) is 12.6. The predicted octanol–water partition coefficient (Wildman–Crippen LogP) is 2.42. The van der Waals surface area contributed by atoms with E-state index < -0.39 is 15.9 Å². The summed E-state index contributed by atoms with van der Waals surface area (Å²) in [5.74, 6) is -0.396. The van der Waals surface area contributed by atoms with E-state index in [1.165, 1.54) is 44.4 Å². The minimum absolute atomic E-state index is 0.116. The quantitative estimate of drug-likeness (QED) is 0.825. The molecule has 0 radical (unpaired) electrons. The second kappa shape index (κ2) is 6.57. The summed E-state index contributed by atoms with van der Waals surface area (Å²) in [7, 11) is -0.635. The van der Waals surface area contributed by atoms with Crippen LogP contribution in [0, 0.1) is 0 Å². The van der Waals surface area contributed by atoms with Crippen molar-refractivity contribution in [2.45, 2.75) is 4.90 Å². The Hall–Kier alpha value is -2.09. The zero-order valence-corrected chi connectivity index (χ0v) is 14.1. The molecular formula is C15H16ClN3O3S. The van der Waals surface area contributed by atoms with Crippen LogP contribution in [0.1, 0.15) is 10.4 Å². The van der Waals surface area contributed by atoms with E-state index in [2.05, 4.69) is 5.32 Å². The first-order chi connectivity index (χ1) is 10.7. The smallest absolute Gasteiger partial charge is 0.255 e. The van der Waals surface area contributed by atoms with Gasteiger partial charge in [0, 0.05) is 24.7 Å². The molecule has 2 rings (SSSR count). The van der Waals surface area contributed by atoms with Crippen molar-refractivity contribution in [3.8, 4) is 0 Å². The third-order valence-corrected chi connectivity index (χ3v) is 5.22. The highest BCUT2D eigenvalue weighted by Gasteiger charge is 2.17. The van der Waals surface area contributed by atoms with Crippen LogP contribution in [0.2, 0.25) is 5.02 Å². The lowest BCUT2D eigenvalue weighted by atomic mass is 10.2. The van der Waals surface area contributed by atoms with Gasteiger partial charge < -0.3 is 11.1 Å². The molecule has 2 aromatic rings. The number of nitrogens with two attached hydrogens (primary N) is 1. The van der Waals surface area contributed by atoms with Crippen molar-refractivity contribution in [3.63, 3.8) is 0 Å². The third kappa shape index (κ3) is 3.82. The fourth-order valence-electron chi connectivity index (χ4n) is 1.83. The molecule has 6 nitrogen and oxygen atoms in total. The maximum atomic E-state index is 12.2. The van der Waals surface area contributed by atoms with Gasteiger partial charge in [0.15, 0.2) is 0 Å². The van der Waals surface area contributed by atoms with Crippen molar-refractivity contribution >= 4 is 38.9 Å². The molecule has 122 valence electrons. The molecule has 0 fully saturated rings. The number of anilines is 2. The van der Waals surface area contributed by atoms with E-state index in [1.54, 1.807) is 12.1 Å². The Kier molecular flexibility index (Phi) is 4.93. The SMILES string of the molecule is CN(C)S(=O)(=O)c1ccc(C(=O)Nc2ccc(Cl)cc2N)cc1. The summed E-state index contributed by atoms with van der Waals surface area (Å²) in [6.07, 6.45) is 0. The first-order valence-electron chi connectivity index (χ1n) is 6.61. The zero-order chi connectivity index (χ0) is 17.2. The summed E-state index contributed by atoms with van der Waals surface area (Å²) in [6, 6.07) is 10.4. The highest BCUT2D eigenvalue weighted by atomic mass is 35.5. The van der Waals surface area contributed by atoms with E-state index in [-0.39, 0.29) is 4.90 Å². The molecule has 1 amide bonds. The van der Waals surface area contributed by atoms with E-state index in [9.17, 15) is 13.2 Å². The highest BCUT2D eigenvalue weighted by Crippen LogP contribution is 2.23. The number of amides is 1. The summed E-state index contributed by atoms with van der Waals surface area (Å²) in [6.45, 7) is 0. The Morgan fingerprint density at radius 2 is 1.74 bits per heavy atom. The number of sulfonamides is 1. The highest BCUT2D eigenvalue weighted by molar-refractivity contribution is 7.89. The number of nitrogens with zero attached hydrogens (tertiary/aromatic N) is 1. The number of nitrogen functional groups attached to an aromatic ring is 1. The summed E-state index contributed by atoms with van der Waals surface area (Å²) in [4.78, 5) is 12.3. The largest absolute Gasteiger partial charge is 0.397 e. The fourth-order valence-corrected chi connectivity index (χ4v) is 2.91. The fraction of sp³-hybridized carbons (Fsp3) is 0.133. The molecule has 0 aliphatic rings. The van der Waals surface area contributed by atoms with E-state index in [0.29, 0.717) is 22.0 Å². The van der Waals surface area contributed by atoms with Crippen LogP contribution in [0.5, 0.6) is 0 Å². The van der Waals surface area contributed by atoms with Crippen LogP contribution in [0.15, 0.2) is 47.4 Å². The van der Waals surface area contributed by atoms with Gasteiger partial charge in [0.1, 0.15) is 0 Å². The topological polar surface area (TPSA) is 92.5 Å². The monoisotopic (exact) mass is 353 g/mol. The number of hydrogen-bond acceptors (Lipinski definition) is 4. The lowest BCUT2D eigenvalue weighted by Gasteiger charge is -2.12. The number of nitrogens with one attached hydrogen (secondary N) is 1. The number of carbonyl (C=O) groups is 1. The van der Waals surface area contributed by atoms with Crippen LogP contribution in [-0.2, 0) is 10.0 Å². The van der Waals surface area contributed by atoms with Gasteiger partial charge in [0.25, 0.3) is 5.91 Å². The molecular weight excluding hydrogens is 338 g/mol. The Bertz CT molecular complexity index is 834. The molecule has 0 aliphatic heterocycles. The minimum atomic E-state index is -3.52. The van der Waals surface area contributed by atoms with Crippen LogP contribution >= 0.6 is 11.6 Å². The first-order valence-corrected chi connectivity index (χ1v) is 8.42. The van der Waals surface area contributed by atoms with E-state index in [1.807, 2.05) is 0 Å². The minimum Gasteiger partial charge on any atom is -0.397 e. The second-order valence-electron chi connectivity index (χ2n) is 5.00. The van der Waals surface area contributed by atoms with Crippen LogP contribution in [0.4, 0.5) is 11.4 Å². The van der Waals surface area contributed by atoms with Crippen molar-refractivity contribution in [3.05, 3.63) is 53.1 Å². The number of benzene rings is 2. The third-order valence-electron chi connectivity index (χ3n) is 3.16. The maximum Gasteiger partial charge on any atom is 0.255 e. The normalized spacial score (nSPS) is 11.5.